The Hall–Kier alpha value is -0.610. The molecule has 0 bridgehead atoms. The van der Waals surface area contributed by atoms with Gasteiger partial charge in [0.15, 0.2) is 0 Å². The highest BCUT2D eigenvalue weighted by molar-refractivity contribution is 5.76. The molecule has 2 aliphatic rings. The van der Waals surface area contributed by atoms with Crippen LogP contribution in [0, 0.1) is 5.92 Å². The van der Waals surface area contributed by atoms with Gasteiger partial charge in [0.25, 0.3) is 0 Å². The molecule has 19 heavy (non-hydrogen) atoms. The third-order valence-corrected chi connectivity index (χ3v) is 4.45. The van der Waals surface area contributed by atoms with Gasteiger partial charge in [0.2, 0.25) is 5.91 Å². The number of hydrogen-bond donors (Lipinski definition) is 0. The van der Waals surface area contributed by atoms with Gasteiger partial charge in [-0.2, -0.15) is 0 Å². The molecule has 4 heteroatoms. The van der Waals surface area contributed by atoms with E-state index in [2.05, 4.69) is 4.90 Å². The van der Waals surface area contributed by atoms with Crippen molar-refractivity contribution in [2.75, 3.05) is 46.4 Å². The van der Waals surface area contributed by atoms with Crippen molar-refractivity contribution in [2.24, 2.45) is 5.92 Å². The topological polar surface area (TPSA) is 32.8 Å². The molecular weight excluding hydrogens is 240 g/mol. The summed E-state index contributed by atoms with van der Waals surface area (Å²) < 4.78 is 4.97. The Bertz CT molecular complexity index is 269. The Morgan fingerprint density at radius 3 is 2.42 bits per heavy atom. The highest BCUT2D eigenvalue weighted by Crippen LogP contribution is 2.20. The van der Waals surface area contributed by atoms with Crippen LogP contribution >= 0.6 is 0 Å². The normalized spacial score (nSPS) is 22.7. The first-order chi connectivity index (χ1) is 9.29. The molecule has 0 aromatic heterocycles. The highest BCUT2D eigenvalue weighted by atomic mass is 16.5. The van der Waals surface area contributed by atoms with Crippen LogP contribution in [-0.2, 0) is 9.53 Å². The minimum absolute atomic E-state index is 0.262. The Morgan fingerprint density at radius 2 is 1.79 bits per heavy atom. The van der Waals surface area contributed by atoms with Gasteiger partial charge in [-0.05, 0) is 44.7 Å². The Balaban J connectivity index is 1.65. The van der Waals surface area contributed by atoms with Crippen LogP contribution in [0.25, 0.3) is 0 Å². The summed E-state index contributed by atoms with van der Waals surface area (Å²) in [6.45, 7) is 6.26. The second-order valence-corrected chi connectivity index (χ2v) is 5.93. The molecule has 1 amide bonds. The van der Waals surface area contributed by atoms with Crippen molar-refractivity contribution < 1.29 is 9.53 Å². The average molecular weight is 268 g/mol. The summed E-state index contributed by atoms with van der Waals surface area (Å²) in [6.07, 6.45) is 7.03. The van der Waals surface area contributed by atoms with E-state index in [9.17, 15) is 4.79 Å². The standard InChI is InChI=1S/C15H28N2O2/c1-19-12-7-15(18)17-10-5-14(6-11-17)13-16-8-3-2-4-9-16/h14H,2-13H2,1H3. The second kappa shape index (κ2) is 7.85. The van der Waals surface area contributed by atoms with Gasteiger partial charge in [-0.15, -0.1) is 0 Å². The molecule has 0 aliphatic carbocycles. The largest absolute Gasteiger partial charge is 0.384 e. The van der Waals surface area contributed by atoms with Gasteiger partial charge in [-0.25, -0.2) is 0 Å². The number of rotatable bonds is 5. The molecule has 110 valence electrons. The third-order valence-electron chi connectivity index (χ3n) is 4.45. The van der Waals surface area contributed by atoms with Crippen molar-refractivity contribution in [1.29, 1.82) is 0 Å². The SMILES string of the molecule is COCCC(=O)N1CCC(CN2CCCCC2)CC1. The molecule has 0 radical (unpaired) electrons. The van der Waals surface area contributed by atoms with Crippen molar-refractivity contribution in [1.82, 2.24) is 9.80 Å². The quantitative estimate of drug-likeness (QED) is 0.761. The summed E-state index contributed by atoms with van der Waals surface area (Å²) in [4.78, 5) is 16.5. The van der Waals surface area contributed by atoms with Crippen LogP contribution in [0.1, 0.15) is 38.5 Å². The first-order valence-electron chi connectivity index (χ1n) is 7.78. The first-order valence-corrected chi connectivity index (χ1v) is 7.78. The van der Waals surface area contributed by atoms with Crippen LogP contribution < -0.4 is 0 Å². The predicted molar refractivity (Wildman–Crippen MR) is 76.1 cm³/mol. The zero-order valence-electron chi connectivity index (χ0n) is 12.3. The molecule has 2 saturated heterocycles. The molecule has 2 heterocycles. The van der Waals surface area contributed by atoms with Gasteiger partial charge in [0.05, 0.1) is 13.0 Å². The molecule has 0 aromatic rings. The Morgan fingerprint density at radius 1 is 1.11 bits per heavy atom. The zero-order chi connectivity index (χ0) is 13.5. The van der Waals surface area contributed by atoms with Gasteiger partial charge in [0, 0.05) is 26.7 Å². The number of nitrogens with zero attached hydrogens (tertiary/aromatic N) is 2. The van der Waals surface area contributed by atoms with E-state index in [0.29, 0.717) is 13.0 Å². The van der Waals surface area contributed by atoms with Crippen molar-refractivity contribution in [3.63, 3.8) is 0 Å². The van der Waals surface area contributed by atoms with Crippen molar-refractivity contribution in [2.45, 2.75) is 38.5 Å². The number of carbonyl (C=O) groups excluding carboxylic acids is 1. The zero-order valence-corrected chi connectivity index (χ0v) is 12.3. The number of likely N-dealkylation sites (tertiary alicyclic amines) is 2. The van der Waals surface area contributed by atoms with Crippen LogP contribution in [0.2, 0.25) is 0 Å². The van der Waals surface area contributed by atoms with Crippen LogP contribution in [0.15, 0.2) is 0 Å². The lowest BCUT2D eigenvalue weighted by molar-refractivity contribution is -0.133. The molecule has 0 atom stereocenters. The fourth-order valence-corrected chi connectivity index (χ4v) is 3.22. The lowest BCUT2D eigenvalue weighted by atomic mass is 9.95. The van der Waals surface area contributed by atoms with Crippen LogP contribution in [0.5, 0.6) is 0 Å². The summed E-state index contributed by atoms with van der Waals surface area (Å²) in [7, 11) is 1.65. The monoisotopic (exact) mass is 268 g/mol. The van der Waals surface area contributed by atoms with Crippen LogP contribution in [0.4, 0.5) is 0 Å². The first kappa shape index (κ1) is 14.8. The molecule has 0 N–H and O–H groups in total. The van der Waals surface area contributed by atoms with Crippen LogP contribution in [-0.4, -0.2) is 62.1 Å². The number of ether oxygens (including phenoxy) is 1. The molecule has 0 spiro atoms. The van der Waals surface area contributed by atoms with Crippen molar-refractivity contribution in [3.05, 3.63) is 0 Å². The minimum Gasteiger partial charge on any atom is -0.384 e. The number of hydrogen-bond acceptors (Lipinski definition) is 3. The Kier molecular flexibility index (Phi) is 6.11. The molecule has 2 aliphatic heterocycles. The smallest absolute Gasteiger partial charge is 0.224 e. The van der Waals surface area contributed by atoms with E-state index in [1.165, 1.54) is 51.7 Å². The van der Waals surface area contributed by atoms with E-state index in [-0.39, 0.29) is 5.91 Å². The van der Waals surface area contributed by atoms with Crippen LogP contribution in [0.3, 0.4) is 0 Å². The number of carbonyl (C=O) groups is 1. The van der Waals surface area contributed by atoms with Gasteiger partial charge in [-0.3, -0.25) is 4.79 Å². The minimum atomic E-state index is 0.262. The third kappa shape index (κ3) is 4.77. The van der Waals surface area contributed by atoms with Gasteiger partial charge >= 0.3 is 0 Å². The van der Waals surface area contributed by atoms with E-state index in [4.69, 9.17) is 4.74 Å². The molecule has 0 aromatic carbocycles. The molecular formula is C15H28N2O2. The van der Waals surface area contributed by atoms with Gasteiger partial charge < -0.3 is 14.5 Å². The average Bonchev–Trinajstić information content (AvgIpc) is 2.46. The lowest BCUT2D eigenvalue weighted by Crippen LogP contribution is -2.42. The Labute approximate surface area is 117 Å². The van der Waals surface area contributed by atoms with Crippen molar-refractivity contribution in [3.8, 4) is 0 Å². The van der Waals surface area contributed by atoms with Gasteiger partial charge in [-0.1, -0.05) is 6.42 Å². The van der Waals surface area contributed by atoms with E-state index in [1.807, 2.05) is 4.90 Å². The van der Waals surface area contributed by atoms with Crippen molar-refractivity contribution >= 4 is 5.91 Å². The maximum Gasteiger partial charge on any atom is 0.224 e. The molecule has 0 saturated carbocycles. The number of amides is 1. The molecule has 4 nitrogen and oxygen atoms in total. The maximum absolute atomic E-state index is 11.9. The van der Waals surface area contributed by atoms with E-state index < -0.39 is 0 Å². The maximum atomic E-state index is 11.9. The fourth-order valence-electron chi connectivity index (χ4n) is 3.22. The number of piperidine rings is 2. The summed E-state index contributed by atoms with van der Waals surface area (Å²) in [5.41, 5.74) is 0. The van der Waals surface area contributed by atoms with Gasteiger partial charge in [0.1, 0.15) is 0 Å². The molecule has 2 fully saturated rings. The summed E-state index contributed by atoms with van der Waals surface area (Å²) in [5, 5.41) is 0. The summed E-state index contributed by atoms with van der Waals surface area (Å²) in [6, 6.07) is 0. The van der Waals surface area contributed by atoms with E-state index in [1.54, 1.807) is 7.11 Å². The lowest BCUT2D eigenvalue weighted by Gasteiger charge is -2.36. The molecule has 0 unspecified atom stereocenters. The second-order valence-electron chi connectivity index (χ2n) is 5.93. The van der Waals surface area contributed by atoms with E-state index in [0.717, 1.165) is 19.0 Å². The fraction of sp³-hybridized carbons (Fsp3) is 0.933. The summed E-state index contributed by atoms with van der Waals surface area (Å²) >= 11 is 0. The highest BCUT2D eigenvalue weighted by Gasteiger charge is 2.24. The number of methoxy groups -OCH3 is 1. The van der Waals surface area contributed by atoms with E-state index >= 15 is 0 Å². The summed E-state index contributed by atoms with van der Waals surface area (Å²) in [5.74, 6) is 1.06. The molecule has 2 rings (SSSR count). The predicted octanol–water partition coefficient (Wildman–Crippen LogP) is 1.75.